The molecule has 2 rings (SSSR count). The molecule has 1 aromatic rings. The van der Waals surface area contributed by atoms with Crippen molar-refractivity contribution >= 4 is 10.0 Å². The van der Waals surface area contributed by atoms with Gasteiger partial charge in [0.15, 0.2) is 0 Å². The minimum atomic E-state index is -3.40. The van der Waals surface area contributed by atoms with Gasteiger partial charge >= 0.3 is 0 Å². The average molecular weight is 340 g/mol. The topological polar surface area (TPSA) is 73.5 Å². The van der Waals surface area contributed by atoms with Crippen LogP contribution < -0.4 is 16.2 Å². The zero-order chi connectivity index (χ0) is 17.0. The second-order valence-electron chi connectivity index (χ2n) is 6.46. The zero-order valence-electron chi connectivity index (χ0n) is 14.3. The van der Waals surface area contributed by atoms with E-state index in [1.807, 2.05) is 26.0 Å². The lowest BCUT2D eigenvalue weighted by Gasteiger charge is -2.21. The van der Waals surface area contributed by atoms with Crippen LogP contribution in [0.25, 0.3) is 0 Å². The Morgan fingerprint density at radius 2 is 1.96 bits per heavy atom. The molecule has 0 aliphatic carbocycles. The highest BCUT2D eigenvalue weighted by Gasteiger charge is 2.23. The largest absolute Gasteiger partial charge is 0.312 e. The Labute approximate surface area is 139 Å². The lowest BCUT2D eigenvalue weighted by Crippen LogP contribution is -2.33. The number of benzene rings is 1. The summed E-state index contributed by atoms with van der Waals surface area (Å²) in [6, 6.07) is 7.53. The minimum absolute atomic E-state index is 0.0584. The second-order valence-corrected chi connectivity index (χ2v) is 8.46. The fraction of sp³-hybridized carbons (Fsp3) is 0.625. The van der Waals surface area contributed by atoms with E-state index in [1.165, 1.54) is 4.31 Å². The smallest absolute Gasteiger partial charge is 0.243 e. The number of hydrazine groups is 1. The summed E-state index contributed by atoms with van der Waals surface area (Å²) in [5.74, 6) is 0.564. The van der Waals surface area contributed by atoms with Gasteiger partial charge in [0.25, 0.3) is 0 Å². The van der Waals surface area contributed by atoms with Crippen molar-refractivity contribution < 1.29 is 8.42 Å². The van der Waals surface area contributed by atoms with Crippen LogP contribution in [0.15, 0.2) is 29.2 Å². The zero-order valence-corrected chi connectivity index (χ0v) is 15.2. The summed E-state index contributed by atoms with van der Waals surface area (Å²) in [5.41, 5.74) is 7.44. The van der Waals surface area contributed by atoms with Gasteiger partial charge in [0.2, 0.25) is 10.0 Å². The molecule has 0 amide bonds. The van der Waals surface area contributed by atoms with Crippen LogP contribution in [0, 0.1) is 5.92 Å². The Morgan fingerprint density at radius 3 is 2.48 bits per heavy atom. The van der Waals surface area contributed by atoms with Crippen LogP contribution in [0.5, 0.6) is 0 Å². The number of hydrogen-bond donors (Lipinski definition) is 3. The molecule has 130 valence electrons. The van der Waals surface area contributed by atoms with Crippen LogP contribution in [0.1, 0.15) is 26.3 Å². The summed E-state index contributed by atoms with van der Waals surface area (Å²) in [6.07, 6.45) is 0. The van der Waals surface area contributed by atoms with Crippen molar-refractivity contribution in [1.29, 1.82) is 0 Å². The highest BCUT2D eigenvalue weighted by molar-refractivity contribution is 7.89. The number of hydrogen-bond acceptors (Lipinski definition) is 5. The third-order valence-electron chi connectivity index (χ3n) is 4.46. The number of nitrogens with one attached hydrogen (secondary N) is 3. The molecule has 1 heterocycles. The molecule has 6 nitrogen and oxygen atoms in total. The highest BCUT2D eigenvalue weighted by atomic mass is 32.2. The van der Waals surface area contributed by atoms with Crippen LogP contribution >= 0.6 is 0 Å². The van der Waals surface area contributed by atoms with Gasteiger partial charge in [-0.25, -0.2) is 8.42 Å². The predicted molar refractivity (Wildman–Crippen MR) is 92.3 cm³/mol. The van der Waals surface area contributed by atoms with Gasteiger partial charge in [-0.3, -0.25) is 10.9 Å². The molecular formula is C16H28N4O2S. The van der Waals surface area contributed by atoms with Crippen molar-refractivity contribution in [2.45, 2.75) is 44.3 Å². The molecule has 7 heteroatoms. The number of rotatable bonds is 7. The van der Waals surface area contributed by atoms with Crippen molar-refractivity contribution in [3.05, 3.63) is 29.8 Å². The van der Waals surface area contributed by atoms with Gasteiger partial charge in [-0.1, -0.05) is 12.1 Å². The molecule has 0 radical (unpaired) electrons. The first-order valence-corrected chi connectivity index (χ1v) is 9.52. The highest BCUT2D eigenvalue weighted by Crippen LogP contribution is 2.17. The van der Waals surface area contributed by atoms with E-state index in [-0.39, 0.29) is 6.04 Å². The quantitative estimate of drug-likeness (QED) is 0.688. The normalized spacial score (nSPS) is 22.2. The molecule has 1 aromatic carbocycles. The SMILES string of the molecule is CC1NNCC1CNCc1ccc(S(=O)(=O)N(C)C(C)C)cc1. The molecular weight excluding hydrogens is 312 g/mol. The Bertz CT molecular complexity index is 601. The summed E-state index contributed by atoms with van der Waals surface area (Å²) in [6.45, 7) is 8.53. The molecule has 2 unspecified atom stereocenters. The third kappa shape index (κ3) is 4.51. The average Bonchev–Trinajstić information content (AvgIpc) is 2.92. The van der Waals surface area contributed by atoms with Gasteiger partial charge in [-0.05, 0) is 38.5 Å². The third-order valence-corrected chi connectivity index (χ3v) is 6.51. The van der Waals surface area contributed by atoms with Crippen molar-refractivity contribution in [3.63, 3.8) is 0 Å². The van der Waals surface area contributed by atoms with E-state index in [0.29, 0.717) is 16.9 Å². The van der Waals surface area contributed by atoms with Gasteiger partial charge in [-0.15, -0.1) is 0 Å². The van der Waals surface area contributed by atoms with Crippen molar-refractivity contribution in [3.8, 4) is 0 Å². The maximum absolute atomic E-state index is 12.4. The molecule has 1 aliphatic rings. The summed E-state index contributed by atoms with van der Waals surface area (Å²) in [5, 5.41) is 3.43. The predicted octanol–water partition coefficient (Wildman–Crippen LogP) is 0.918. The lowest BCUT2D eigenvalue weighted by atomic mass is 10.0. The van der Waals surface area contributed by atoms with Crippen molar-refractivity contribution in [2.24, 2.45) is 5.92 Å². The minimum Gasteiger partial charge on any atom is -0.312 e. The molecule has 1 aliphatic heterocycles. The molecule has 3 N–H and O–H groups in total. The van der Waals surface area contributed by atoms with Crippen LogP contribution in [0.4, 0.5) is 0 Å². The Kier molecular flexibility index (Phi) is 6.16. The van der Waals surface area contributed by atoms with E-state index in [4.69, 9.17) is 0 Å². The van der Waals surface area contributed by atoms with E-state index >= 15 is 0 Å². The van der Waals surface area contributed by atoms with Gasteiger partial charge in [0, 0.05) is 44.7 Å². The fourth-order valence-electron chi connectivity index (χ4n) is 2.52. The van der Waals surface area contributed by atoms with Gasteiger partial charge in [-0.2, -0.15) is 4.31 Å². The molecule has 0 bridgehead atoms. The van der Waals surface area contributed by atoms with Crippen molar-refractivity contribution in [2.75, 3.05) is 20.1 Å². The maximum atomic E-state index is 12.4. The van der Waals surface area contributed by atoms with E-state index in [2.05, 4.69) is 23.1 Å². The van der Waals surface area contributed by atoms with Gasteiger partial charge in [0.1, 0.15) is 0 Å². The van der Waals surface area contributed by atoms with Crippen LogP contribution in [-0.4, -0.2) is 44.9 Å². The monoisotopic (exact) mass is 340 g/mol. The Morgan fingerprint density at radius 1 is 1.30 bits per heavy atom. The van der Waals surface area contributed by atoms with E-state index in [9.17, 15) is 8.42 Å². The Hall–Kier alpha value is -0.990. The van der Waals surface area contributed by atoms with E-state index in [0.717, 1.165) is 25.2 Å². The molecule has 23 heavy (non-hydrogen) atoms. The summed E-state index contributed by atoms with van der Waals surface area (Å²) < 4.78 is 26.2. The van der Waals surface area contributed by atoms with Crippen LogP contribution in [0.2, 0.25) is 0 Å². The summed E-state index contributed by atoms with van der Waals surface area (Å²) in [4.78, 5) is 0.343. The number of nitrogens with zero attached hydrogens (tertiary/aromatic N) is 1. The van der Waals surface area contributed by atoms with Gasteiger partial charge in [0.05, 0.1) is 4.90 Å². The lowest BCUT2D eigenvalue weighted by molar-refractivity contribution is 0.410. The first kappa shape index (κ1) is 18.4. The second kappa shape index (κ2) is 7.72. The first-order valence-electron chi connectivity index (χ1n) is 8.08. The molecule has 1 fully saturated rings. The molecule has 0 saturated carbocycles. The van der Waals surface area contributed by atoms with Crippen LogP contribution in [0.3, 0.4) is 0 Å². The molecule has 0 spiro atoms. The maximum Gasteiger partial charge on any atom is 0.243 e. The Balaban J connectivity index is 1.92. The van der Waals surface area contributed by atoms with E-state index in [1.54, 1.807) is 19.2 Å². The molecule has 1 saturated heterocycles. The molecule has 2 atom stereocenters. The number of sulfonamides is 1. The molecule has 0 aromatic heterocycles. The standard InChI is InChI=1S/C16H28N4O2S/c1-12(2)20(4)23(21,22)16-7-5-14(6-8-16)9-17-10-15-11-18-19-13(15)3/h5-8,12-13,15,17-19H,9-11H2,1-4H3. The van der Waals surface area contributed by atoms with Gasteiger partial charge < -0.3 is 5.32 Å². The first-order chi connectivity index (χ1) is 10.8. The fourth-order valence-corrected chi connectivity index (χ4v) is 3.89. The van der Waals surface area contributed by atoms with Crippen molar-refractivity contribution in [1.82, 2.24) is 20.5 Å². The van der Waals surface area contributed by atoms with Crippen LogP contribution in [-0.2, 0) is 16.6 Å². The summed E-state index contributed by atoms with van der Waals surface area (Å²) in [7, 11) is -1.79. The summed E-state index contributed by atoms with van der Waals surface area (Å²) >= 11 is 0. The van der Waals surface area contributed by atoms with E-state index < -0.39 is 10.0 Å².